The Morgan fingerprint density at radius 3 is 2.78 bits per heavy atom. The van der Waals surface area contributed by atoms with E-state index in [1.807, 2.05) is 6.92 Å². The molecule has 0 aliphatic heterocycles. The van der Waals surface area contributed by atoms with Crippen LogP contribution in [0.5, 0.6) is 0 Å². The lowest BCUT2D eigenvalue weighted by Gasteiger charge is -2.34. The molecule has 6 heteroatoms. The molecule has 0 spiro atoms. The van der Waals surface area contributed by atoms with E-state index in [9.17, 15) is 9.50 Å². The molecule has 1 saturated carbocycles. The van der Waals surface area contributed by atoms with Crippen LogP contribution in [-0.4, -0.2) is 26.7 Å². The molecule has 0 saturated heterocycles. The van der Waals surface area contributed by atoms with Crippen molar-refractivity contribution in [2.24, 2.45) is 0 Å². The molecule has 0 atom stereocenters. The second-order valence-corrected chi connectivity index (χ2v) is 6.70. The van der Waals surface area contributed by atoms with Crippen molar-refractivity contribution in [1.82, 2.24) is 9.97 Å². The fraction of sp³-hybridized carbons (Fsp3) is 0.412. The van der Waals surface area contributed by atoms with Crippen LogP contribution in [0.15, 0.2) is 30.5 Å². The normalized spacial score (nSPS) is 24.4. The fourth-order valence-corrected chi connectivity index (χ4v) is 3.07. The van der Waals surface area contributed by atoms with Crippen LogP contribution >= 0.6 is 11.6 Å². The Labute approximate surface area is 139 Å². The highest BCUT2D eigenvalue weighted by Gasteiger charge is 2.29. The van der Waals surface area contributed by atoms with Crippen molar-refractivity contribution in [3.63, 3.8) is 0 Å². The van der Waals surface area contributed by atoms with Crippen molar-refractivity contribution in [2.75, 3.05) is 5.32 Å². The van der Waals surface area contributed by atoms with Gasteiger partial charge in [-0.05, 0) is 50.8 Å². The Bertz CT molecular complexity index is 698. The van der Waals surface area contributed by atoms with Crippen molar-refractivity contribution in [3.05, 3.63) is 41.6 Å². The van der Waals surface area contributed by atoms with Crippen molar-refractivity contribution in [2.45, 2.75) is 44.2 Å². The zero-order chi connectivity index (χ0) is 16.4. The Morgan fingerprint density at radius 2 is 2.09 bits per heavy atom. The number of rotatable bonds is 3. The number of aliphatic hydroxyl groups is 1. The predicted molar refractivity (Wildman–Crippen MR) is 88.9 cm³/mol. The van der Waals surface area contributed by atoms with Crippen LogP contribution in [0.2, 0.25) is 5.15 Å². The Hall–Kier alpha value is -1.72. The molecule has 2 heterocycles. The van der Waals surface area contributed by atoms with Gasteiger partial charge in [0.2, 0.25) is 5.95 Å². The molecule has 1 aliphatic carbocycles. The third-order valence-electron chi connectivity index (χ3n) is 4.28. The van der Waals surface area contributed by atoms with E-state index in [0.29, 0.717) is 16.4 Å². The summed E-state index contributed by atoms with van der Waals surface area (Å²) in [6.07, 6.45) is 4.82. The van der Waals surface area contributed by atoms with Crippen LogP contribution in [0, 0.1) is 5.95 Å². The van der Waals surface area contributed by atoms with Gasteiger partial charge in [-0.15, -0.1) is 0 Å². The zero-order valence-corrected chi connectivity index (χ0v) is 13.6. The van der Waals surface area contributed by atoms with Gasteiger partial charge in [-0.2, -0.15) is 4.39 Å². The SMILES string of the molecule is CC1(O)CCC(Nc2cc(Cl)ncc2-c2cccc(F)n2)CC1. The highest BCUT2D eigenvalue weighted by Crippen LogP contribution is 2.33. The van der Waals surface area contributed by atoms with Gasteiger partial charge in [0.25, 0.3) is 0 Å². The second kappa shape index (κ2) is 6.42. The van der Waals surface area contributed by atoms with E-state index in [4.69, 9.17) is 11.6 Å². The average Bonchev–Trinajstić information content (AvgIpc) is 2.50. The third kappa shape index (κ3) is 3.98. The molecule has 0 bridgehead atoms. The summed E-state index contributed by atoms with van der Waals surface area (Å²) >= 11 is 6.01. The maximum Gasteiger partial charge on any atom is 0.213 e. The summed E-state index contributed by atoms with van der Waals surface area (Å²) in [6.45, 7) is 1.87. The minimum absolute atomic E-state index is 0.237. The summed E-state index contributed by atoms with van der Waals surface area (Å²) in [7, 11) is 0. The quantitative estimate of drug-likeness (QED) is 0.831. The highest BCUT2D eigenvalue weighted by atomic mass is 35.5. The molecule has 122 valence electrons. The lowest BCUT2D eigenvalue weighted by Crippen LogP contribution is -2.35. The predicted octanol–water partition coefficient (Wildman–Crippen LogP) is 4.04. The molecule has 4 nitrogen and oxygen atoms in total. The minimum Gasteiger partial charge on any atom is -0.390 e. The van der Waals surface area contributed by atoms with Crippen LogP contribution in [0.1, 0.15) is 32.6 Å². The first-order chi connectivity index (χ1) is 10.9. The van der Waals surface area contributed by atoms with E-state index in [2.05, 4.69) is 15.3 Å². The number of anilines is 1. The van der Waals surface area contributed by atoms with E-state index >= 15 is 0 Å². The number of halogens is 2. The average molecular weight is 336 g/mol. The summed E-state index contributed by atoms with van der Waals surface area (Å²) in [4.78, 5) is 8.01. The van der Waals surface area contributed by atoms with E-state index < -0.39 is 11.5 Å². The van der Waals surface area contributed by atoms with Gasteiger partial charge in [0.05, 0.1) is 11.3 Å². The van der Waals surface area contributed by atoms with Gasteiger partial charge in [-0.1, -0.05) is 17.7 Å². The van der Waals surface area contributed by atoms with Crippen LogP contribution in [0.4, 0.5) is 10.1 Å². The van der Waals surface area contributed by atoms with E-state index in [1.165, 1.54) is 6.07 Å². The molecule has 0 aromatic carbocycles. The molecule has 2 aromatic rings. The first kappa shape index (κ1) is 16.1. The van der Waals surface area contributed by atoms with Crippen LogP contribution in [0.3, 0.4) is 0 Å². The summed E-state index contributed by atoms with van der Waals surface area (Å²) in [6, 6.07) is 6.64. The monoisotopic (exact) mass is 335 g/mol. The molecule has 0 unspecified atom stereocenters. The van der Waals surface area contributed by atoms with Gasteiger partial charge in [0.15, 0.2) is 0 Å². The summed E-state index contributed by atoms with van der Waals surface area (Å²) in [5.74, 6) is -0.530. The molecule has 1 fully saturated rings. The third-order valence-corrected chi connectivity index (χ3v) is 4.49. The number of pyridine rings is 2. The van der Waals surface area contributed by atoms with Crippen LogP contribution in [-0.2, 0) is 0 Å². The molecule has 2 N–H and O–H groups in total. The Balaban J connectivity index is 1.85. The Kier molecular flexibility index (Phi) is 4.50. The first-order valence-electron chi connectivity index (χ1n) is 7.70. The standard InChI is InChI=1S/C17H19ClFN3O/c1-17(23)7-5-11(6-8-17)21-14-9-15(18)20-10-12(14)13-3-2-4-16(19)22-13/h2-4,9-11,23H,5-8H2,1H3,(H,20,21). The maximum absolute atomic E-state index is 13.4. The van der Waals surface area contributed by atoms with Gasteiger partial charge in [-0.25, -0.2) is 9.97 Å². The molecule has 1 aliphatic rings. The molecule has 0 radical (unpaired) electrons. The first-order valence-corrected chi connectivity index (χ1v) is 8.08. The van der Waals surface area contributed by atoms with Gasteiger partial charge in [0, 0.05) is 23.5 Å². The Morgan fingerprint density at radius 1 is 1.35 bits per heavy atom. The fourth-order valence-electron chi connectivity index (χ4n) is 2.92. The second-order valence-electron chi connectivity index (χ2n) is 6.31. The largest absolute Gasteiger partial charge is 0.390 e. The number of nitrogens with zero attached hydrogens (tertiary/aromatic N) is 2. The van der Waals surface area contributed by atoms with Gasteiger partial charge in [0.1, 0.15) is 5.15 Å². The van der Waals surface area contributed by atoms with E-state index in [1.54, 1.807) is 24.4 Å². The van der Waals surface area contributed by atoms with Gasteiger partial charge >= 0.3 is 0 Å². The molecular formula is C17H19ClFN3O. The minimum atomic E-state index is -0.582. The van der Waals surface area contributed by atoms with Gasteiger partial charge in [-0.3, -0.25) is 0 Å². The molecule has 3 rings (SSSR count). The molecule has 0 amide bonds. The lowest BCUT2D eigenvalue weighted by atomic mass is 9.83. The number of hydrogen-bond acceptors (Lipinski definition) is 4. The maximum atomic E-state index is 13.4. The van der Waals surface area contributed by atoms with E-state index in [0.717, 1.165) is 31.4 Å². The van der Waals surface area contributed by atoms with Crippen LogP contribution < -0.4 is 5.32 Å². The molecule has 23 heavy (non-hydrogen) atoms. The topological polar surface area (TPSA) is 58.0 Å². The van der Waals surface area contributed by atoms with Crippen molar-refractivity contribution < 1.29 is 9.50 Å². The number of hydrogen-bond donors (Lipinski definition) is 2. The van der Waals surface area contributed by atoms with Crippen molar-refractivity contribution >= 4 is 17.3 Å². The lowest BCUT2D eigenvalue weighted by molar-refractivity contribution is 0.0196. The van der Waals surface area contributed by atoms with E-state index in [-0.39, 0.29) is 6.04 Å². The molecular weight excluding hydrogens is 317 g/mol. The van der Waals surface area contributed by atoms with Crippen LogP contribution in [0.25, 0.3) is 11.3 Å². The smallest absolute Gasteiger partial charge is 0.213 e. The summed E-state index contributed by atoms with van der Waals surface area (Å²) < 4.78 is 13.4. The van der Waals surface area contributed by atoms with Gasteiger partial charge < -0.3 is 10.4 Å². The summed E-state index contributed by atoms with van der Waals surface area (Å²) in [5, 5.41) is 13.9. The zero-order valence-electron chi connectivity index (χ0n) is 12.9. The number of aromatic nitrogens is 2. The summed E-state index contributed by atoms with van der Waals surface area (Å²) in [5.41, 5.74) is 1.43. The number of nitrogens with one attached hydrogen (secondary N) is 1. The van der Waals surface area contributed by atoms with Crippen molar-refractivity contribution in [3.8, 4) is 11.3 Å². The molecule has 2 aromatic heterocycles. The highest BCUT2D eigenvalue weighted by molar-refractivity contribution is 6.29. The van der Waals surface area contributed by atoms with Crippen molar-refractivity contribution in [1.29, 1.82) is 0 Å².